The lowest BCUT2D eigenvalue weighted by Crippen LogP contribution is -2.39. The molecule has 4 atom stereocenters. The summed E-state index contributed by atoms with van der Waals surface area (Å²) in [7, 11) is 0. The summed E-state index contributed by atoms with van der Waals surface area (Å²) in [6, 6.07) is 0. The van der Waals surface area contributed by atoms with E-state index in [9.17, 15) is 19.5 Å². The average molecular weight is 281 g/mol. The molecule has 7 nitrogen and oxygen atoms in total. The van der Waals surface area contributed by atoms with Gasteiger partial charge in [-0.05, 0) is 6.92 Å². The zero-order valence-electron chi connectivity index (χ0n) is 10.9. The lowest BCUT2D eigenvalue weighted by atomic mass is 9.77. The summed E-state index contributed by atoms with van der Waals surface area (Å²) in [5, 5.41) is 9.27. The molecule has 2 unspecified atom stereocenters. The van der Waals surface area contributed by atoms with Crippen molar-refractivity contribution >= 4 is 17.8 Å². The number of nitrogens with zero attached hydrogens (tertiary/aromatic N) is 1. The Kier molecular flexibility index (Phi) is 2.82. The molecule has 0 radical (unpaired) electrons. The molecule has 7 heteroatoms. The van der Waals surface area contributed by atoms with Gasteiger partial charge in [0.05, 0.1) is 25.2 Å². The first-order valence-electron chi connectivity index (χ1n) is 6.53. The van der Waals surface area contributed by atoms with Crippen molar-refractivity contribution in [2.24, 2.45) is 11.8 Å². The van der Waals surface area contributed by atoms with Crippen molar-refractivity contribution < 1.29 is 29.0 Å². The van der Waals surface area contributed by atoms with Crippen molar-refractivity contribution in [2.75, 3.05) is 19.7 Å². The van der Waals surface area contributed by atoms with Gasteiger partial charge in [0.2, 0.25) is 5.91 Å². The quantitative estimate of drug-likeness (QED) is 0.547. The number of esters is 1. The normalized spacial score (nSPS) is 37.4. The van der Waals surface area contributed by atoms with E-state index in [1.54, 1.807) is 19.1 Å². The Balaban J connectivity index is 1.82. The molecule has 0 saturated carbocycles. The van der Waals surface area contributed by atoms with E-state index >= 15 is 0 Å². The molecule has 2 saturated heterocycles. The first kappa shape index (κ1) is 13.1. The zero-order valence-corrected chi connectivity index (χ0v) is 10.9. The largest absolute Gasteiger partial charge is 0.481 e. The second-order valence-corrected chi connectivity index (χ2v) is 5.24. The summed E-state index contributed by atoms with van der Waals surface area (Å²) in [6.07, 6.45) is 2.90. The summed E-state index contributed by atoms with van der Waals surface area (Å²) >= 11 is 0. The molecule has 3 rings (SSSR count). The highest BCUT2D eigenvalue weighted by Crippen LogP contribution is 2.51. The maximum atomic E-state index is 12.4. The molecule has 1 N–H and O–H groups in total. The van der Waals surface area contributed by atoms with Crippen LogP contribution < -0.4 is 0 Å². The zero-order chi connectivity index (χ0) is 14.5. The fourth-order valence-electron chi connectivity index (χ4n) is 3.36. The predicted molar refractivity (Wildman–Crippen MR) is 64.6 cm³/mol. The molecule has 0 aromatic carbocycles. The Morgan fingerprint density at radius 1 is 1.60 bits per heavy atom. The maximum absolute atomic E-state index is 12.4. The maximum Gasteiger partial charge on any atom is 0.325 e. The Hall–Kier alpha value is -1.89. The second-order valence-electron chi connectivity index (χ2n) is 5.24. The predicted octanol–water partition coefficient (Wildman–Crippen LogP) is -0.584. The summed E-state index contributed by atoms with van der Waals surface area (Å²) in [5.74, 6) is -3.51. The van der Waals surface area contributed by atoms with Gasteiger partial charge in [-0.15, -0.1) is 0 Å². The average Bonchev–Trinajstić information content (AvgIpc) is 2.99. The third-order valence-corrected chi connectivity index (χ3v) is 4.09. The molecule has 0 aromatic rings. The van der Waals surface area contributed by atoms with Crippen LogP contribution in [0.2, 0.25) is 0 Å². The van der Waals surface area contributed by atoms with Crippen LogP contribution >= 0.6 is 0 Å². The van der Waals surface area contributed by atoms with Gasteiger partial charge in [-0.2, -0.15) is 0 Å². The molecule has 108 valence electrons. The van der Waals surface area contributed by atoms with E-state index in [1.807, 2.05) is 0 Å². The van der Waals surface area contributed by atoms with Crippen LogP contribution in [0, 0.1) is 11.8 Å². The summed E-state index contributed by atoms with van der Waals surface area (Å²) in [5.41, 5.74) is -0.892. The minimum absolute atomic E-state index is 0.168. The SMILES string of the molecule is CCOC(=O)CN1CC23C=C[C@H](O2)C(C(=O)O)[C@H]3C1=O. The number of carboxylic acid groups (broad SMARTS) is 1. The summed E-state index contributed by atoms with van der Waals surface area (Å²) in [6.45, 7) is 1.96. The summed E-state index contributed by atoms with van der Waals surface area (Å²) < 4.78 is 10.5. The van der Waals surface area contributed by atoms with Gasteiger partial charge in [0, 0.05) is 0 Å². The number of carbonyl (C=O) groups is 3. The van der Waals surface area contributed by atoms with Crippen LogP contribution in [0.4, 0.5) is 0 Å². The summed E-state index contributed by atoms with van der Waals surface area (Å²) in [4.78, 5) is 36.5. The standard InChI is InChI=1S/C13H15NO6/c1-2-19-8(15)5-14-6-13-4-3-7(20-13)9(12(17)18)10(13)11(14)16/h3-4,7,9-10H,2,5-6H2,1H3,(H,17,18)/t7-,9?,10-,13?/m0/s1. The van der Waals surface area contributed by atoms with Gasteiger partial charge >= 0.3 is 11.9 Å². The van der Waals surface area contributed by atoms with Gasteiger partial charge in [-0.1, -0.05) is 12.2 Å². The number of amides is 1. The fraction of sp³-hybridized carbons (Fsp3) is 0.615. The number of hydrogen-bond donors (Lipinski definition) is 1. The van der Waals surface area contributed by atoms with Gasteiger partial charge in [0.25, 0.3) is 0 Å². The number of hydrogen-bond acceptors (Lipinski definition) is 5. The number of carbonyl (C=O) groups excluding carboxylic acids is 2. The van der Waals surface area contributed by atoms with Crippen LogP contribution in [-0.4, -0.2) is 59.3 Å². The van der Waals surface area contributed by atoms with Crippen LogP contribution in [0.3, 0.4) is 0 Å². The monoisotopic (exact) mass is 281 g/mol. The van der Waals surface area contributed by atoms with Crippen molar-refractivity contribution in [3.05, 3.63) is 12.2 Å². The first-order chi connectivity index (χ1) is 9.48. The van der Waals surface area contributed by atoms with Gasteiger partial charge < -0.3 is 19.5 Å². The molecule has 1 spiro atoms. The molecular formula is C13H15NO6. The fourth-order valence-corrected chi connectivity index (χ4v) is 3.36. The molecule has 0 aliphatic carbocycles. The number of rotatable bonds is 4. The number of carboxylic acids is 1. The van der Waals surface area contributed by atoms with Gasteiger partial charge in [0.15, 0.2) is 0 Å². The van der Waals surface area contributed by atoms with Crippen LogP contribution in [0.25, 0.3) is 0 Å². The third-order valence-electron chi connectivity index (χ3n) is 4.09. The third kappa shape index (κ3) is 1.66. The number of aliphatic carboxylic acids is 1. The number of ether oxygens (including phenoxy) is 2. The molecule has 20 heavy (non-hydrogen) atoms. The van der Waals surface area contributed by atoms with Gasteiger partial charge in [0.1, 0.15) is 18.1 Å². The number of fused-ring (bicyclic) bond motifs is 1. The molecule has 3 aliphatic heterocycles. The van der Waals surface area contributed by atoms with Crippen molar-refractivity contribution in [3.63, 3.8) is 0 Å². The van der Waals surface area contributed by atoms with Crippen molar-refractivity contribution in [1.29, 1.82) is 0 Å². The van der Waals surface area contributed by atoms with Crippen LogP contribution in [0.15, 0.2) is 12.2 Å². The molecule has 1 amide bonds. The molecule has 2 bridgehead atoms. The molecule has 0 aromatic heterocycles. The van der Waals surface area contributed by atoms with E-state index in [2.05, 4.69) is 0 Å². The van der Waals surface area contributed by atoms with Gasteiger partial charge in [-0.25, -0.2) is 0 Å². The van der Waals surface area contributed by atoms with E-state index in [0.717, 1.165) is 0 Å². The Bertz CT molecular complexity index is 515. The number of likely N-dealkylation sites (tertiary alicyclic amines) is 1. The molecule has 3 aliphatic rings. The minimum Gasteiger partial charge on any atom is -0.481 e. The highest BCUT2D eigenvalue weighted by molar-refractivity contribution is 5.92. The van der Waals surface area contributed by atoms with Crippen molar-refractivity contribution in [3.8, 4) is 0 Å². The Labute approximate surface area is 115 Å². The van der Waals surface area contributed by atoms with E-state index in [0.29, 0.717) is 0 Å². The van der Waals surface area contributed by atoms with E-state index < -0.39 is 35.5 Å². The highest BCUT2D eigenvalue weighted by atomic mass is 16.5. The van der Waals surface area contributed by atoms with Crippen LogP contribution in [-0.2, 0) is 23.9 Å². The lowest BCUT2D eigenvalue weighted by molar-refractivity contribution is -0.151. The minimum atomic E-state index is -1.04. The van der Waals surface area contributed by atoms with E-state index in [4.69, 9.17) is 9.47 Å². The van der Waals surface area contributed by atoms with Crippen LogP contribution in [0.5, 0.6) is 0 Å². The van der Waals surface area contributed by atoms with Gasteiger partial charge in [-0.3, -0.25) is 14.4 Å². The molecule has 2 fully saturated rings. The molecule has 3 heterocycles. The topological polar surface area (TPSA) is 93.1 Å². The smallest absolute Gasteiger partial charge is 0.325 e. The van der Waals surface area contributed by atoms with Crippen LogP contribution in [0.1, 0.15) is 6.92 Å². The highest BCUT2D eigenvalue weighted by Gasteiger charge is 2.67. The van der Waals surface area contributed by atoms with Crippen molar-refractivity contribution in [1.82, 2.24) is 4.90 Å². The lowest BCUT2D eigenvalue weighted by Gasteiger charge is -2.21. The van der Waals surface area contributed by atoms with E-state index in [-0.39, 0.29) is 25.6 Å². The Morgan fingerprint density at radius 2 is 2.35 bits per heavy atom. The Morgan fingerprint density at radius 3 is 3.00 bits per heavy atom. The molecular weight excluding hydrogens is 266 g/mol. The van der Waals surface area contributed by atoms with E-state index in [1.165, 1.54) is 4.90 Å². The second kappa shape index (κ2) is 4.31. The van der Waals surface area contributed by atoms with Crippen molar-refractivity contribution in [2.45, 2.75) is 18.6 Å². The first-order valence-corrected chi connectivity index (χ1v) is 6.53.